The molecule has 3 aliphatic rings. The Balaban J connectivity index is 1.36. The minimum absolute atomic E-state index is 0.315. The molecule has 0 aromatic rings. The second kappa shape index (κ2) is 5.57. The van der Waals surface area contributed by atoms with E-state index in [1.54, 1.807) is 0 Å². The summed E-state index contributed by atoms with van der Waals surface area (Å²) < 4.78 is 5.31. The van der Waals surface area contributed by atoms with Gasteiger partial charge in [0.05, 0.1) is 13.2 Å². The second-order valence-electron chi connectivity index (χ2n) is 6.03. The zero-order valence-corrected chi connectivity index (χ0v) is 11.1. The van der Waals surface area contributed by atoms with Gasteiger partial charge in [-0.15, -0.1) is 0 Å². The van der Waals surface area contributed by atoms with Crippen LogP contribution in [0.3, 0.4) is 0 Å². The van der Waals surface area contributed by atoms with Crippen LogP contribution in [0.5, 0.6) is 0 Å². The third kappa shape index (κ3) is 2.69. The van der Waals surface area contributed by atoms with E-state index in [9.17, 15) is 4.79 Å². The van der Waals surface area contributed by atoms with Crippen LogP contribution in [0.25, 0.3) is 0 Å². The Morgan fingerprint density at radius 2 is 2.06 bits per heavy atom. The average molecular weight is 252 g/mol. The van der Waals surface area contributed by atoms with Crippen LogP contribution < -0.4 is 5.32 Å². The molecule has 1 saturated heterocycles. The number of nitrogens with zero attached hydrogens (tertiary/aromatic N) is 1. The molecule has 0 aromatic carbocycles. The van der Waals surface area contributed by atoms with Gasteiger partial charge >= 0.3 is 0 Å². The summed E-state index contributed by atoms with van der Waals surface area (Å²) in [6.45, 7) is 5.44. The fourth-order valence-corrected chi connectivity index (χ4v) is 3.86. The van der Waals surface area contributed by atoms with Crippen molar-refractivity contribution in [2.24, 2.45) is 17.8 Å². The van der Waals surface area contributed by atoms with Gasteiger partial charge in [0.25, 0.3) is 0 Å². The Bertz CT molecular complexity index is 302. The summed E-state index contributed by atoms with van der Waals surface area (Å²) in [6.07, 6.45) is 5.10. The summed E-state index contributed by atoms with van der Waals surface area (Å²) in [5, 5.41) is 3.14. The molecule has 1 amide bonds. The third-order valence-electron chi connectivity index (χ3n) is 4.91. The minimum atomic E-state index is 0.315. The lowest BCUT2D eigenvalue weighted by Crippen LogP contribution is -2.43. The largest absolute Gasteiger partial charge is 0.379 e. The monoisotopic (exact) mass is 252 g/mol. The second-order valence-corrected chi connectivity index (χ2v) is 6.03. The Morgan fingerprint density at radius 3 is 2.72 bits per heavy atom. The van der Waals surface area contributed by atoms with Gasteiger partial charge in [-0.1, -0.05) is 6.42 Å². The number of hydrogen-bond acceptors (Lipinski definition) is 3. The van der Waals surface area contributed by atoms with Gasteiger partial charge < -0.3 is 10.1 Å². The molecule has 0 spiro atoms. The van der Waals surface area contributed by atoms with Crippen LogP contribution in [0.2, 0.25) is 0 Å². The van der Waals surface area contributed by atoms with Crippen molar-refractivity contribution < 1.29 is 9.53 Å². The van der Waals surface area contributed by atoms with Crippen molar-refractivity contribution in [3.05, 3.63) is 0 Å². The summed E-state index contributed by atoms with van der Waals surface area (Å²) in [7, 11) is 0. The van der Waals surface area contributed by atoms with Crippen LogP contribution in [-0.4, -0.2) is 50.2 Å². The molecule has 0 unspecified atom stereocenters. The van der Waals surface area contributed by atoms with Crippen LogP contribution >= 0.6 is 0 Å². The predicted molar refractivity (Wildman–Crippen MR) is 69.2 cm³/mol. The van der Waals surface area contributed by atoms with Crippen LogP contribution in [0.1, 0.15) is 25.7 Å². The van der Waals surface area contributed by atoms with Crippen LogP contribution in [0.15, 0.2) is 0 Å². The van der Waals surface area contributed by atoms with E-state index in [4.69, 9.17) is 4.74 Å². The summed E-state index contributed by atoms with van der Waals surface area (Å²) in [6, 6.07) is 0. The number of morpholine rings is 1. The van der Waals surface area contributed by atoms with Crippen molar-refractivity contribution >= 4 is 5.91 Å². The zero-order chi connectivity index (χ0) is 12.4. The van der Waals surface area contributed by atoms with Gasteiger partial charge in [0.1, 0.15) is 0 Å². The molecule has 4 nitrogen and oxygen atoms in total. The van der Waals surface area contributed by atoms with E-state index in [2.05, 4.69) is 10.2 Å². The van der Waals surface area contributed by atoms with Gasteiger partial charge in [0.2, 0.25) is 5.91 Å². The maximum atomic E-state index is 12.1. The number of fused-ring (bicyclic) bond motifs is 2. The molecule has 1 aliphatic heterocycles. The maximum Gasteiger partial charge on any atom is 0.223 e. The summed E-state index contributed by atoms with van der Waals surface area (Å²) in [5.41, 5.74) is 0. The molecule has 3 atom stereocenters. The summed E-state index contributed by atoms with van der Waals surface area (Å²) >= 11 is 0. The van der Waals surface area contributed by atoms with Crippen molar-refractivity contribution in [2.75, 3.05) is 39.4 Å². The Hall–Kier alpha value is -0.610. The van der Waals surface area contributed by atoms with Gasteiger partial charge in [0.15, 0.2) is 0 Å². The van der Waals surface area contributed by atoms with Crippen molar-refractivity contribution in [1.82, 2.24) is 10.2 Å². The van der Waals surface area contributed by atoms with E-state index in [-0.39, 0.29) is 0 Å². The lowest BCUT2D eigenvalue weighted by atomic mass is 9.88. The number of hydrogen-bond donors (Lipinski definition) is 1. The zero-order valence-electron chi connectivity index (χ0n) is 11.1. The lowest BCUT2D eigenvalue weighted by Gasteiger charge is -2.27. The standard InChI is InChI=1S/C14H24N2O2/c17-14(13-10-11-1-2-12(13)9-11)15-3-4-16-5-7-18-8-6-16/h11-13H,1-10H2,(H,15,17)/t11-,12+,13+/m0/s1. The quantitative estimate of drug-likeness (QED) is 0.807. The third-order valence-corrected chi connectivity index (χ3v) is 4.91. The first kappa shape index (κ1) is 12.4. The predicted octanol–water partition coefficient (Wildman–Crippen LogP) is 0.871. The summed E-state index contributed by atoms with van der Waals surface area (Å²) in [4.78, 5) is 14.5. The number of rotatable bonds is 4. The summed E-state index contributed by atoms with van der Waals surface area (Å²) in [5.74, 6) is 2.19. The molecule has 1 heterocycles. The average Bonchev–Trinajstić information content (AvgIpc) is 3.02. The first-order valence-corrected chi connectivity index (χ1v) is 7.41. The van der Waals surface area contributed by atoms with Gasteiger partial charge in [-0.05, 0) is 31.1 Å². The smallest absolute Gasteiger partial charge is 0.223 e. The highest BCUT2D eigenvalue weighted by atomic mass is 16.5. The highest BCUT2D eigenvalue weighted by molar-refractivity contribution is 5.79. The molecule has 4 heteroatoms. The van der Waals surface area contributed by atoms with Crippen LogP contribution in [0, 0.1) is 17.8 Å². The molecule has 3 fully saturated rings. The van der Waals surface area contributed by atoms with E-state index in [1.165, 1.54) is 19.3 Å². The molecule has 1 N–H and O–H groups in total. The highest BCUT2D eigenvalue weighted by Gasteiger charge is 2.42. The Morgan fingerprint density at radius 1 is 1.22 bits per heavy atom. The maximum absolute atomic E-state index is 12.1. The topological polar surface area (TPSA) is 41.6 Å². The minimum Gasteiger partial charge on any atom is -0.379 e. The molecular weight excluding hydrogens is 228 g/mol. The first-order chi connectivity index (χ1) is 8.83. The van der Waals surface area contributed by atoms with E-state index in [1.807, 2.05) is 0 Å². The normalized spacial score (nSPS) is 35.9. The number of carbonyl (C=O) groups excluding carboxylic acids is 1. The van der Waals surface area contributed by atoms with Gasteiger partial charge in [0, 0.05) is 32.1 Å². The number of nitrogens with one attached hydrogen (secondary N) is 1. The molecule has 2 saturated carbocycles. The van der Waals surface area contributed by atoms with Gasteiger partial charge in [-0.3, -0.25) is 9.69 Å². The molecule has 0 radical (unpaired) electrons. The van der Waals surface area contributed by atoms with Crippen molar-refractivity contribution in [3.8, 4) is 0 Å². The highest BCUT2D eigenvalue weighted by Crippen LogP contribution is 2.48. The molecular formula is C14H24N2O2. The Kier molecular flexibility index (Phi) is 3.85. The SMILES string of the molecule is O=C(NCCN1CCOCC1)[C@@H]1C[C@H]2CC[C@@H]1C2. The van der Waals surface area contributed by atoms with Crippen LogP contribution in [-0.2, 0) is 9.53 Å². The van der Waals surface area contributed by atoms with Crippen LogP contribution in [0.4, 0.5) is 0 Å². The number of ether oxygens (including phenoxy) is 1. The molecule has 18 heavy (non-hydrogen) atoms. The van der Waals surface area contributed by atoms with E-state index in [0.717, 1.165) is 51.7 Å². The van der Waals surface area contributed by atoms with Crippen molar-refractivity contribution in [2.45, 2.75) is 25.7 Å². The number of carbonyl (C=O) groups is 1. The fourth-order valence-electron chi connectivity index (χ4n) is 3.86. The van der Waals surface area contributed by atoms with E-state index >= 15 is 0 Å². The van der Waals surface area contributed by atoms with E-state index < -0.39 is 0 Å². The molecule has 2 bridgehead atoms. The molecule has 0 aromatic heterocycles. The fraction of sp³-hybridized carbons (Fsp3) is 0.929. The molecule has 3 rings (SSSR count). The lowest BCUT2D eigenvalue weighted by molar-refractivity contribution is -0.126. The van der Waals surface area contributed by atoms with Crippen molar-refractivity contribution in [3.63, 3.8) is 0 Å². The number of amides is 1. The van der Waals surface area contributed by atoms with Gasteiger partial charge in [-0.2, -0.15) is 0 Å². The van der Waals surface area contributed by atoms with Gasteiger partial charge in [-0.25, -0.2) is 0 Å². The van der Waals surface area contributed by atoms with Crippen molar-refractivity contribution in [1.29, 1.82) is 0 Å². The molecule has 102 valence electrons. The van der Waals surface area contributed by atoms with E-state index in [0.29, 0.717) is 17.7 Å². The molecule has 2 aliphatic carbocycles. The first-order valence-electron chi connectivity index (χ1n) is 7.41. The Labute approximate surface area is 109 Å².